The molecule has 1 aromatic carbocycles. The van der Waals surface area contributed by atoms with Crippen molar-refractivity contribution < 1.29 is 22.6 Å². The minimum absolute atomic E-state index is 0.00133. The van der Waals surface area contributed by atoms with Crippen LogP contribution in [0, 0.1) is 0 Å². The van der Waals surface area contributed by atoms with Gasteiger partial charge < -0.3 is 24.0 Å². The summed E-state index contributed by atoms with van der Waals surface area (Å²) >= 11 is 0. The molecule has 0 aliphatic carbocycles. The lowest BCUT2D eigenvalue weighted by molar-refractivity contribution is 0.0691. The second-order valence-electron chi connectivity index (χ2n) is 9.88. The van der Waals surface area contributed by atoms with E-state index in [1.807, 2.05) is 28.8 Å². The van der Waals surface area contributed by atoms with Gasteiger partial charge in [0.2, 0.25) is 11.9 Å². The molecule has 0 amide bonds. The van der Waals surface area contributed by atoms with Crippen LogP contribution in [-0.4, -0.2) is 92.9 Å². The summed E-state index contributed by atoms with van der Waals surface area (Å²) in [5.41, 5.74) is 2.00. The molecule has 3 aliphatic heterocycles. The normalized spacial score (nSPS) is 20.7. The van der Waals surface area contributed by atoms with Crippen molar-refractivity contribution in [1.82, 2.24) is 19.5 Å². The van der Waals surface area contributed by atoms with Crippen molar-refractivity contribution in [3.8, 4) is 11.7 Å². The van der Waals surface area contributed by atoms with Gasteiger partial charge in [-0.2, -0.15) is 4.98 Å². The average molecular weight is 515 g/mol. The highest BCUT2D eigenvalue weighted by Crippen LogP contribution is 2.43. The second-order valence-corrected chi connectivity index (χ2v) is 12.4. The summed E-state index contributed by atoms with van der Waals surface area (Å²) in [4.78, 5) is 19.1. The van der Waals surface area contributed by atoms with Gasteiger partial charge in [-0.1, -0.05) is 12.1 Å². The minimum atomic E-state index is -3.54. The number of ether oxygens (including phenoxy) is 3. The van der Waals surface area contributed by atoms with Gasteiger partial charge in [0.15, 0.2) is 21.4 Å². The van der Waals surface area contributed by atoms with Crippen molar-refractivity contribution in [2.75, 3.05) is 68.7 Å². The summed E-state index contributed by atoms with van der Waals surface area (Å²) < 4.78 is 43.9. The molecule has 1 atom stereocenters. The Bertz CT molecular complexity index is 1420. The highest BCUT2D eigenvalue weighted by Gasteiger charge is 2.43. The summed E-state index contributed by atoms with van der Waals surface area (Å²) in [7, 11) is -3.54. The molecule has 36 heavy (non-hydrogen) atoms. The summed E-state index contributed by atoms with van der Waals surface area (Å²) in [6.45, 7) is 8.01. The zero-order valence-electron chi connectivity index (χ0n) is 20.7. The molecule has 0 saturated carbocycles. The predicted molar refractivity (Wildman–Crippen MR) is 135 cm³/mol. The zero-order chi connectivity index (χ0) is 25.1. The van der Waals surface area contributed by atoms with E-state index in [1.165, 1.54) is 6.26 Å². The largest absolute Gasteiger partial charge is 0.486 e. The molecule has 12 heteroatoms. The monoisotopic (exact) mass is 514 g/mol. The molecule has 3 aromatic rings. The van der Waals surface area contributed by atoms with Crippen molar-refractivity contribution in [1.29, 1.82) is 0 Å². The van der Waals surface area contributed by atoms with E-state index < -0.39 is 14.6 Å². The Hall–Kier alpha value is -2.96. The first-order chi connectivity index (χ1) is 17.3. The third kappa shape index (κ3) is 3.70. The summed E-state index contributed by atoms with van der Waals surface area (Å²) in [5, 5.41) is 0. The number of fused-ring (bicyclic) bond motifs is 4. The Kier molecular flexibility index (Phi) is 5.58. The predicted octanol–water partition coefficient (Wildman–Crippen LogP) is 1.53. The summed E-state index contributed by atoms with van der Waals surface area (Å²) in [6, 6.07) is 7.83. The molecule has 0 spiro atoms. The van der Waals surface area contributed by atoms with Crippen molar-refractivity contribution in [3.05, 3.63) is 30.0 Å². The molecular formula is C24H30N6O5S. The van der Waals surface area contributed by atoms with E-state index in [1.54, 1.807) is 13.8 Å². The number of hydrogen-bond donors (Lipinski definition) is 0. The Balaban J connectivity index is 1.62. The van der Waals surface area contributed by atoms with E-state index in [2.05, 4.69) is 9.80 Å². The van der Waals surface area contributed by atoms with E-state index in [0.717, 1.165) is 11.0 Å². The van der Waals surface area contributed by atoms with Crippen LogP contribution in [0.3, 0.4) is 0 Å². The number of para-hydroxylation sites is 2. The number of nitrogens with zero attached hydrogens (tertiary/aromatic N) is 6. The van der Waals surface area contributed by atoms with Gasteiger partial charge in [-0.25, -0.2) is 23.0 Å². The van der Waals surface area contributed by atoms with Crippen LogP contribution in [0.1, 0.15) is 19.5 Å². The highest BCUT2D eigenvalue weighted by molar-refractivity contribution is 7.91. The van der Waals surface area contributed by atoms with Gasteiger partial charge in [0.05, 0.1) is 43.5 Å². The van der Waals surface area contributed by atoms with Crippen LogP contribution in [-0.2, 0) is 24.1 Å². The summed E-state index contributed by atoms with van der Waals surface area (Å²) in [5.74, 6) is 2.09. The molecule has 0 N–H and O–H groups in total. The van der Waals surface area contributed by atoms with E-state index >= 15 is 0 Å². The molecule has 2 fully saturated rings. The van der Waals surface area contributed by atoms with Gasteiger partial charge in [-0.05, 0) is 26.0 Å². The zero-order valence-corrected chi connectivity index (χ0v) is 21.5. The molecule has 0 radical (unpaired) electrons. The van der Waals surface area contributed by atoms with Crippen LogP contribution in [0.4, 0.5) is 11.8 Å². The van der Waals surface area contributed by atoms with Gasteiger partial charge in [0.25, 0.3) is 0 Å². The maximum absolute atomic E-state index is 13.0. The molecule has 0 unspecified atom stereocenters. The number of imidazole rings is 1. The van der Waals surface area contributed by atoms with E-state index in [4.69, 9.17) is 29.2 Å². The topological polar surface area (TPSA) is 112 Å². The fourth-order valence-electron chi connectivity index (χ4n) is 4.88. The van der Waals surface area contributed by atoms with Crippen molar-refractivity contribution in [2.24, 2.45) is 0 Å². The quantitative estimate of drug-likeness (QED) is 0.508. The molecule has 6 rings (SSSR count). The third-order valence-corrected chi connectivity index (χ3v) is 9.34. The maximum atomic E-state index is 13.0. The Morgan fingerprint density at radius 1 is 0.972 bits per heavy atom. The molecule has 192 valence electrons. The van der Waals surface area contributed by atoms with Crippen molar-refractivity contribution >= 4 is 32.6 Å². The SMILES string of the molecule is CC(C)(c1nc(-n2c(N3CCOCC3)nc3ccccc32)nc2c1OC[C@@H]1COCCN21)S(C)(=O)=O. The van der Waals surface area contributed by atoms with E-state index in [9.17, 15) is 8.42 Å². The Labute approximate surface area is 209 Å². The number of benzene rings is 1. The standard InChI is InChI=1S/C24H30N6O5S/c1-24(2,36(3,31)32)20-19-21(29-10-13-34-14-16(29)15-35-19)27-22(26-20)30-18-7-5-4-6-17(18)25-23(30)28-8-11-33-12-9-28/h4-7,16H,8-15H2,1-3H3/t16-/m0/s1. The lowest BCUT2D eigenvalue weighted by Gasteiger charge is -2.41. The lowest BCUT2D eigenvalue weighted by atomic mass is 10.1. The number of hydrogen-bond acceptors (Lipinski definition) is 10. The van der Waals surface area contributed by atoms with Crippen LogP contribution in [0.5, 0.6) is 5.75 Å². The molecule has 2 aromatic heterocycles. The Morgan fingerprint density at radius 3 is 2.50 bits per heavy atom. The third-order valence-electron chi connectivity index (χ3n) is 7.29. The van der Waals surface area contributed by atoms with Crippen LogP contribution in [0.2, 0.25) is 0 Å². The number of aromatic nitrogens is 4. The average Bonchev–Trinajstić information content (AvgIpc) is 3.27. The van der Waals surface area contributed by atoms with E-state index in [0.29, 0.717) is 81.8 Å². The van der Waals surface area contributed by atoms with Gasteiger partial charge in [-0.15, -0.1) is 0 Å². The van der Waals surface area contributed by atoms with Crippen LogP contribution in [0.15, 0.2) is 24.3 Å². The number of anilines is 2. The van der Waals surface area contributed by atoms with Gasteiger partial charge in [0, 0.05) is 25.9 Å². The fourth-order valence-corrected chi connectivity index (χ4v) is 5.37. The van der Waals surface area contributed by atoms with Crippen LogP contribution >= 0.6 is 0 Å². The first kappa shape index (κ1) is 23.4. The molecule has 3 aliphatic rings. The first-order valence-electron chi connectivity index (χ1n) is 12.2. The number of morpholine rings is 2. The highest BCUT2D eigenvalue weighted by atomic mass is 32.2. The van der Waals surface area contributed by atoms with Gasteiger partial charge >= 0.3 is 0 Å². The molecular weight excluding hydrogens is 484 g/mol. The summed E-state index contributed by atoms with van der Waals surface area (Å²) in [6.07, 6.45) is 1.23. The minimum Gasteiger partial charge on any atom is -0.486 e. The fraction of sp³-hybridized carbons (Fsp3) is 0.542. The van der Waals surface area contributed by atoms with Gasteiger partial charge in [-0.3, -0.25) is 0 Å². The van der Waals surface area contributed by atoms with Crippen molar-refractivity contribution in [3.63, 3.8) is 0 Å². The maximum Gasteiger partial charge on any atom is 0.239 e. The smallest absolute Gasteiger partial charge is 0.239 e. The lowest BCUT2D eigenvalue weighted by Crippen LogP contribution is -2.52. The number of rotatable bonds is 4. The van der Waals surface area contributed by atoms with E-state index in [-0.39, 0.29) is 6.04 Å². The van der Waals surface area contributed by atoms with Crippen LogP contribution < -0.4 is 14.5 Å². The number of sulfone groups is 1. The Morgan fingerprint density at radius 2 is 1.72 bits per heavy atom. The van der Waals surface area contributed by atoms with Crippen LogP contribution in [0.25, 0.3) is 17.0 Å². The molecule has 5 heterocycles. The molecule has 0 bridgehead atoms. The molecule has 11 nitrogen and oxygen atoms in total. The van der Waals surface area contributed by atoms with Gasteiger partial charge in [0.1, 0.15) is 17.0 Å². The second kappa shape index (κ2) is 8.56. The van der Waals surface area contributed by atoms with Crippen molar-refractivity contribution in [2.45, 2.75) is 24.6 Å². The first-order valence-corrected chi connectivity index (χ1v) is 14.0. The molecule has 2 saturated heterocycles.